The van der Waals surface area contributed by atoms with Crippen molar-refractivity contribution in [1.29, 1.82) is 5.26 Å². The Kier molecular flexibility index (Phi) is 8.76. The van der Waals surface area contributed by atoms with Crippen LogP contribution >= 0.6 is 11.6 Å². The van der Waals surface area contributed by atoms with Gasteiger partial charge in [0.25, 0.3) is 5.91 Å². The van der Waals surface area contributed by atoms with E-state index < -0.39 is 0 Å². The van der Waals surface area contributed by atoms with Crippen molar-refractivity contribution in [2.75, 3.05) is 18.4 Å². The topological polar surface area (TPSA) is 99.8 Å². The molecule has 1 amide bonds. The van der Waals surface area contributed by atoms with Crippen molar-refractivity contribution in [3.8, 4) is 22.9 Å². The van der Waals surface area contributed by atoms with Gasteiger partial charge in [0, 0.05) is 29.2 Å². The van der Waals surface area contributed by atoms with Crippen LogP contribution in [0, 0.1) is 18.3 Å². The van der Waals surface area contributed by atoms with Gasteiger partial charge in [0.15, 0.2) is 5.69 Å². The van der Waals surface area contributed by atoms with Crippen LogP contribution in [-0.2, 0) is 0 Å². The van der Waals surface area contributed by atoms with E-state index in [-0.39, 0.29) is 22.9 Å². The Hall–Kier alpha value is -5.19. The van der Waals surface area contributed by atoms with E-state index >= 15 is 0 Å². The average molecular weight is 574 g/mol. The molecule has 42 heavy (non-hydrogen) atoms. The van der Waals surface area contributed by atoms with E-state index in [1.807, 2.05) is 73.7 Å². The van der Waals surface area contributed by atoms with Crippen LogP contribution < -0.4 is 10.6 Å². The first-order valence-electron chi connectivity index (χ1n) is 13.5. The normalized spacial score (nSPS) is 10.6. The van der Waals surface area contributed by atoms with Gasteiger partial charge in [0.2, 0.25) is 5.78 Å². The minimum absolute atomic E-state index is 0.0598. The van der Waals surface area contributed by atoms with Gasteiger partial charge in [-0.2, -0.15) is 10.4 Å². The lowest BCUT2D eigenvalue weighted by molar-refractivity contribution is 0.0953. The molecule has 1 heterocycles. The summed E-state index contributed by atoms with van der Waals surface area (Å²) in [5.41, 5.74) is 4.77. The van der Waals surface area contributed by atoms with Gasteiger partial charge in [-0.15, -0.1) is 0 Å². The van der Waals surface area contributed by atoms with E-state index in [1.165, 1.54) is 0 Å². The van der Waals surface area contributed by atoms with Gasteiger partial charge < -0.3 is 10.6 Å². The first kappa shape index (κ1) is 28.3. The van der Waals surface area contributed by atoms with Crippen molar-refractivity contribution in [3.63, 3.8) is 0 Å². The Balaban J connectivity index is 1.32. The van der Waals surface area contributed by atoms with Crippen LogP contribution in [-0.4, -0.2) is 34.6 Å². The van der Waals surface area contributed by atoms with E-state index in [4.69, 9.17) is 11.6 Å². The summed E-state index contributed by atoms with van der Waals surface area (Å²) in [5, 5.41) is 21.5. The Morgan fingerprint density at radius 3 is 2.29 bits per heavy atom. The van der Waals surface area contributed by atoms with Crippen LogP contribution in [0.3, 0.4) is 0 Å². The standard InChI is InChI=1S/C34H28ClN5O2/c1-23-12-14-25(15-13-23)32(41)31-30(22-36)33(40(39-31)27-18-16-26(35)17-19-27)37-20-7-21-38-34(42)29-11-6-5-10-28(29)24-8-3-2-4-9-24/h2-6,8-19,37H,7,20-21H2,1H3,(H,38,42). The number of hydrogen-bond acceptors (Lipinski definition) is 5. The number of carbonyl (C=O) groups is 2. The summed E-state index contributed by atoms with van der Waals surface area (Å²) in [6, 6.07) is 33.6. The monoisotopic (exact) mass is 573 g/mol. The second-order valence-electron chi connectivity index (χ2n) is 9.72. The van der Waals surface area contributed by atoms with Gasteiger partial charge in [-0.1, -0.05) is 90.0 Å². The summed E-state index contributed by atoms with van der Waals surface area (Å²) in [6.45, 7) is 2.77. The molecule has 0 unspecified atom stereocenters. The number of benzene rings is 4. The number of ketones is 1. The van der Waals surface area contributed by atoms with Gasteiger partial charge in [-0.05, 0) is 54.8 Å². The lowest BCUT2D eigenvalue weighted by Gasteiger charge is -2.12. The molecule has 5 rings (SSSR count). The van der Waals surface area contributed by atoms with Crippen LogP contribution in [0.15, 0.2) is 103 Å². The number of anilines is 1. The molecule has 0 aliphatic carbocycles. The summed E-state index contributed by atoms with van der Waals surface area (Å²) in [7, 11) is 0. The van der Waals surface area contributed by atoms with Gasteiger partial charge in [-0.25, -0.2) is 4.68 Å². The lowest BCUT2D eigenvalue weighted by Crippen LogP contribution is -2.26. The number of rotatable bonds is 10. The molecule has 208 valence electrons. The van der Waals surface area contributed by atoms with Gasteiger partial charge in [-0.3, -0.25) is 9.59 Å². The smallest absolute Gasteiger partial charge is 0.251 e. The van der Waals surface area contributed by atoms with Crippen molar-refractivity contribution in [3.05, 3.63) is 136 Å². The van der Waals surface area contributed by atoms with Crippen molar-refractivity contribution in [1.82, 2.24) is 15.1 Å². The van der Waals surface area contributed by atoms with Gasteiger partial charge in [0.1, 0.15) is 17.5 Å². The zero-order valence-corrected chi connectivity index (χ0v) is 23.7. The molecule has 5 aromatic rings. The predicted octanol–water partition coefficient (Wildman–Crippen LogP) is 6.84. The molecular formula is C34H28ClN5O2. The third-order valence-electron chi connectivity index (χ3n) is 6.79. The summed E-state index contributed by atoms with van der Waals surface area (Å²) in [6.07, 6.45) is 0.567. The Morgan fingerprint density at radius 2 is 1.57 bits per heavy atom. The zero-order valence-electron chi connectivity index (χ0n) is 23.0. The predicted molar refractivity (Wildman–Crippen MR) is 165 cm³/mol. The minimum atomic E-state index is -0.341. The molecule has 0 bridgehead atoms. The molecular weight excluding hydrogens is 546 g/mol. The molecule has 0 aliphatic heterocycles. The summed E-state index contributed by atoms with van der Waals surface area (Å²) >= 11 is 6.09. The van der Waals surface area contributed by atoms with Crippen LogP contribution in [0.2, 0.25) is 5.02 Å². The minimum Gasteiger partial charge on any atom is -0.369 e. The second-order valence-corrected chi connectivity index (χ2v) is 10.2. The molecule has 0 saturated heterocycles. The zero-order chi connectivity index (χ0) is 29.5. The highest BCUT2D eigenvalue weighted by Crippen LogP contribution is 2.27. The van der Waals surface area contributed by atoms with Crippen LogP contribution in [0.4, 0.5) is 5.82 Å². The molecule has 1 aromatic heterocycles. The molecule has 0 atom stereocenters. The number of nitrogens with zero attached hydrogens (tertiary/aromatic N) is 3. The van der Waals surface area contributed by atoms with Crippen LogP contribution in [0.1, 0.15) is 44.0 Å². The van der Waals surface area contributed by atoms with Crippen LogP contribution in [0.25, 0.3) is 16.8 Å². The number of carbonyl (C=O) groups excluding carboxylic acids is 2. The quantitative estimate of drug-likeness (QED) is 0.141. The first-order valence-corrected chi connectivity index (χ1v) is 13.9. The molecule has 8 heteroatoms. The number of halogens is 1. The fourth-order valence-electron chi connectivity index (χ4n) is 4.60. The number of nitriles is 1. The highest BCUT2D eigenvalue weighted by Gasteiger charge is 2.25. The van der Waals surface area contributed by atoms with Crippen LogP contribution in [0.5, 0.6) is 0 Å². The van der Waals surface area contributed by atoms with E-state index in [1.54, 1.807) is 41.1 Å². The third kappa shape index (κ3) is 6.25. The molecule has 0 radical (unpaired) electrons. The Morgan fingerprint density at radius 1 is 0.881 bits per heavy atom. The highest BCUT2D eigenvalue weighted by atomic mass is 35.5. The molecule has 0 fully saturated rings. The van der Waals surface area contributed by atoms with E-state index in [2.05, 4.69) is 21.8 Å². The summed E-state index contributed by atoms with van der Waals surface area (Å²) < 4.78 is 1.55. The molecule has 2 N–H and O–H groups in total. The third-order valence-corrected chi connectivity index (χ3v) is 7.04. The maximum Gasteiger partial charge on any atom is 0.251 e. The molecule has 0 saturated carbocycles. The SMILES string of the molecule is Cc1ccc(C(=O)c2nn(-c3ccc(Cl)cc3)c(NCCCNC(=O)c3ccccc3-c3ccccc3)c2C#N)cc1. The maximum atomic E-state index is 13.4. The molecule has 4 aromatic carbocycles. The Labute approximate surface area is 249 Å². The molecule has 0 aliphatic rings. The van der Waals surface area contributed by atoms with Gasteiger partial charge >= 0.3 is 0 Å². The molecule has 7 nitrogen and oxygen atoms in total. The van der Waals surface area contributed by atoms with Crippen molar-refractivity contribution < 1.29 is 9.59 Å². The molecule has 0 spiro atoms. The summed E-state index contributed by atoms with van der Waals surface area (Å²) in [4.78, 5) is 26.4. The number of amides is 1. The van der Waals surface area contributed by atoms with Gasteiger partial charge in [0.05, 0.1) is 5.69 Å². The fourth-order valence-corrected chi connectivity index (χ4v) is 4.73. The van der Waals surface area contributed by atoms with E-state index in [0.29, 0.717) is 47.2 Å². The van der Waals surface area contributed by atoms with E-state index in [0.717, 1.165) is 16.7 Å². The highest BCUT2D eigenvalue weighted by molar-refractivity contribution is 6.30. The van der Waals surface area contributed by atoms with Crippen molar-refractivity contribution in [2.24, 2.45) is 0 Å². The second kappa shape index (κ2) is 13.0. The number of hydrogen-bond donors (Lipinski definition) is 2. The largest absolute Gasteiger partial charge is 0.369 e. The fraction of sp³-hybridized carbons (Fsp3) is 0.118. The average Bonchev–Trinajstić information content (AvgIpc) is 3.40. The lowest BCUT2D eigenvalue weighted by atomic mass is 9.99. The number of nitrogens with one attached hydrogen (secondary N) is 2. The van der Waals surface area contributed by atoms with Crippen molar-refractivity contribution >= 4 is 29.1 Å². The Bertz CT molecular complexity index is 1760. The first-order chi connectivity index (χ1) is 20.5. The number of aryl methyl sites for hydroxylation is 1. The van der Waals surface area contributed by atoms with Crippen molar-refractivity contribution in [2.45, 2.75) is 13.3 Å². The summed E-state index contributed by atoms with van der Waals surface area (Å²) in [5.74, 6) is -0.105. The van der Waals surface area contributed by atoms with E-state index in [9.17, 15) is 14.9 Å². The number of aromatic nitrogens is 2. The maximum absolute atomic E-state index is 13.4.